The van der Waals surface area contributed by atoms with Gasteiger partial charge in [0.15, 0.2) is 5.78 Å². The summed E-state index contributed by atoms with van der Waals surface area (Å²) in [7, 11) is 0. The molecular weight excluding hydrogens is 435 g/mol. The third-order valence-corrected chi connectivity index (χ3v) is 5.44. The number of Topliss-reactive ketones (excluding diaryl/α,β-unsaturated/α-hetero) is 1. The number of allylic oxidation sites excluding steroid dienone is 1. The Morgan fingerprint density at radius 2 is 1.65 bits per heavy atom. The zero-order chi connectivity index (χ0) is 22.0. The molecule has 0 aromatic heterocycles. The number of ketones is 1. The van der Waals surface area contributed by atoms with Gasteiger partial charge in [0.2, 0.25) is 0 Å². The third kappa shape index (κ3) is 5.16. The van der Waals surface area contributed by atoms with Crippen LogP contribution in [0.25, 0.3) is 6.08 Å². The van der Waals surface area contributed by atoms with E-state index in [1.54, 1.807) is 42.5 Å². The highest BCUT2D eigenvalue weighted by molar-refractivity contribution is 6.34. The molecule has 0 saturated heterocycles. The largest absolute Gasteiger partial charge is 0.489 e. The van der Waals surface area contributed by atoms with Crippen molar-refractivity contribution in [3.63, 3.8) is 0 Å². The van der Waals surface area contributed by atoms with Crippen LogP contribution in [0, 0.1) is 0 Å². The first-order chi connectivity index (χ1) is 14.9. The summed E-state index contributed by atoms with van der Waals surface area (Å²) >= 11 is 12.1. The van der Waals surface area contributed by atoms with Crippen LogP contribution in [0.2, 0.25) is 10.0 Å². The van der Waals surface area contributed by atoms with E-state index in [-0.39, 0.29) is 12.2 Å². The lowest BCUT2D eigenvalue weighted by Gasteiger charge is -2.08. The number of carbonyl (C=O) groups is 2. The molecule has 31 heavy (non-hydrogen) atoms. The molecule has 0 saturated carbocycles. The number of hydrogen-bond donors (Lipinski definition) is 1. The van der Waals surface area contributed by atoms with Gasteiger partial charge in [-0.1, -0.05) is 47.5 Å². The zero-order valence-corrected chi connectivity index (χ0v) is 17.9. The molecule has 4 nitrogen and oxygen atoms in total. The minimum absolute atomic E-state index is 0.00275. The van der Waals surface area contributed by atoms with Crippen molar-refractivity contribution in [2.75, 3.05) is 0 Å². The van der Waals surface area contributed by atoms with Gasteiger partial charge in [0, 0.05) is 27.6 Å². The average Bonchev–Trinajstić information content (AvgIpc) is 3.01. The lowest BCUT2D eigenvalue weighted by molar-refractivity contribution is -0.136. The normalized spacial score (nSPS) is 14.0. The van der Waals surface area contributed by atoms with Gasteiger partial charge in [-0.2, -0.15) is 0 Å². The van der Waals surface area contributed by atoms with Crippen LogP contribution in [0.15, 0.2) is 66.2 Å². The van der Waals surface area contributed by atoms with E-state index >= 15 is 0 Å². The molecule has 1 aliphatic rings. The standard InChI is InChI=1S/C25H18Cl2O4/c26-20-8-17(9-21(27)13-20)7-19-11-18-12-22(5-6-23(18)25(19)30)31-14-16-3-1-15(2-4-16)10-24(28)29/h1-9,12-13H,10-11,14H2,(H,28,29)/b19-7+. The second-order valence-corrected chi connectivity index (χ2v) is 8.25. The molecule has 0 amide bonds. The first-order valence-electron chi connectivity index (χ1n) is 9.64. The van der Waals surface area contributed by atoms with Gasteiger partial charge in [0.25, 0.3) is 0 Å². The van der Waals surface area contributed by atoms with Crippen LogP contribution in [-0.2, 0) is 24.2 Å². The molecule has 0 radical (unpaired) electrons. The number of carboxylic acids is 1. The Hall–Kier alpha value is -3.08. The Morgan fingerprint density at radius 1 is 0.968 bits per heavy atom. The van der Waals surface area contributed by atoms with Gasteiger partial charge < -0.3 is 9.84 Å². The van der Waals surface area contributed by atoms with E-state index in [9.17, 15) is 9.59 Å². The second kappa shape index (κ2) is 8.96. The quantitative estimate of drug-likeness (QED) is 0.464. The highest BCUT2D eigenvalue weighted by Gasteiger charge is 2.25. The molecule has 1 aliphatic carbocycles. The predicted molar refractivity (Wildman–Crippen MR) is 121 cm³/mol. The molecule has 0 heterocycles. The fraction of sp³-hybridized carbons (Fsp3) is 0.120. The van der Waals surface area contributed by atoms with Crippen molar-refractivity contribution in [2.24, 2.45) is 0 Å². The van der Waals surface area contributed by atoms with E-state index in [1.807, 2.05) is 24.3 Å². The lowest BCUT2D eigenvalue weighted by atomic mass is 10.1. The highest BCUT2D eigenvalue weighted by Crippen LogP contribution is 2.32. The van der Waals surface area contributed by atoms with Gasteiger partial charge in [0.1, 0.15) is 12.4 Å². The van der Waals surface area contributed by atoms with Crippen molar-refractivity contribution in [2.45, 2.75) is 19.4 Å². The predicted octanol–water partition coefficient (Wildman–Crippen LogP) is 6.02. The van der Waals surface area contributed by atoms with E-state index in [1.165, 1.54) is 0 Å². The number of benzene rings is 3. The summed E-state index contributed by atoms with van der Waals surface area (Å²) in [5, 5.41) is 9.89. The number of carboxylic acid groups (broad SMARTS) is 1. The van der Waals surface area contributed by atoms with Crippen LogP contribution in [-0.4, -0.2) is 16.9 Å². The van der Waals surface area contributed by atoms with Crippen molar-refractivity contribution >= 4 is 41.0 Å². The smallest absolute Gasteiger partial charge is 0.307 e. The van der Waals surface area contributed by atoms with E-state index in [0.29, 0.717) is 40.0 Å². The summed E-state index contributed by atoms with van der Waals surface area (Å²) in [4.78, 5) is 23.5. The second-order valence-electron chi connectivity index (χ2n) is 7.37. The van der Waals surface area contributed by atoms with Crippen molar-refractivity contribution in [1.82, 2.24) is 0 Å². The van der Waals surface area contributed by atoms with E-state index < -0.39 is 5.97 Å². The van der Waals surface area contributed by atoms with E-state index in [4.69, 9.17) is 33.0 Å². The Labute approximate surface area is 189 Å². The zero-order valence-electron chi connectivity index (χ0n) is 16.4. The number of rotatable bonds is 6. The summed E-state index contributed by atoms with van der Waals surface area (Å²) in [6, 6.07) is 17.9. The summed E-state index contributed by atoms with van der Waals surface area (Å²) in [6.07, 6.45) is 2.33. The van der Waals surface area contributed by atoms with Crippen LogP contribution in [0.4, 0.5) is 0 Å². The van der Waals surface area contributed by atoms with Gasteiger partial charge in [0.05, 0.1) is 6.42 Å². The SMILES string of the molecule is O=C(O)Cc1ccc(COc2ccc3c(c2)C/C(=C\c2cc(Cl)cc(Cl)c2)C3=O)cc1. The summed E-state index contributed by atoms with van der Waals surface area (Å²) < 4.78 is 5.88. The topological polar surface area (TPSA) is 63.6 Å². The molecule has 156 valence electrons. The fourth-order valence-corrected chi connectivity index (χ4v) is 4.10. The van der Waals surface area contributed by atoms with Gasteiger partial charge in [-0.15, -0.1) is 0 Å². The van der Waals surface area contributed by atoms with Crippen LogP contribution in [0.5, 0.6) is 5.75 Å². The number of aliphatic carboxylic acids is 1. The first kappa shape index (κ1) is 21.2. The van der Waals surface area contributed by atoms with Crippen molar-refractivity contribution in [3.8, 4) is 5.75 Å². The molecule has 0 fully saturated rings. The van der Waals surface area contributed by atoms with Crippen molar-refractivity contribution in [3.05, 3.63) is 104 Å². The molecule has 3 aromatic carbocycles. The third-order valence-electron chi connectivity index (χ3n) is 5.00. The molecule has 0 atom stereocenters. The number of ether oxygens (including phenoxy) is 1. The van der Waals surface area contributed by atoms with Gasteiger partial charge in [-0.25, -0.2) is 0 Å². The van der Waals surface area contributed by atoms with Gasteiger partial charge in [-0.05, 0) is 64.7 Å². The van der Waals surface area contributed by atoms with Crippen molar-refractivity contribution < 1.29 is 19.4 Å². The van der Waals surface area contributed by atoms with E-state index in [2.05, 4.69) is 0 Å². The van der Waals surface area contributed by atoms with Crippen LogP contribution >= 0.6 is 23.2 Å². The number of halogens is 2. The molecule has 0 unspecified atom stereocenters. The van der Waals surface area contributed by atoms with Crippen molar-refractivity contribution in [1.29, 1.82) is 0 Å². The van der Waals surface area contributed by atoms with Crippen LogP contribution in [0.3, 0.4) is 0 Å². The molecule has 0 bridgehead atoms. The minimum Gasteiger partial charge on any atom is -0.489 e. The van der Waals surface area contributed by atoms with Crippen LogP contribution in [0.1, 0.15) is 32.6 Å². The number of hydrogen-bond acceptors (Lipinski definition) is 3. The minimum atomic E-state index is -0.858. The molecule has 4 rings (SSSR count). The average molecular weight is 453 g/mol. The highest BCUT2D eigenvalue weighted by atomic mass is 35.5. The maximum Gasteiger partial charge on any atom is 0.307 e. The Morgan fingerprint density at radius 3 is 2.32 bits per heavy atom. The molecule has 0 spiro atoms. The lowest BCUT2D eigenvalue weighted by Crippen LogP contribution is -2.01. The maximum atomic E-state index is 12.8. The first-order valence-corrected chi connectivity index (χ1v) is 10.4. The van der Waals surface area contributed by atoms with Gasteiger partial charge >= 0.3 is 5.97 Å². The monoisotopic (exact) mass is 452 g/mol. The number of carbonyl (C=O) groups excluding carboxylic acids is 1. The fourth-order valence-electron chi connectivity index (χ4n) is 3.56. The van der Waals surface area contributed by atoms with E-state index in [0.717, 1.165) is 22.3 Å². The summed E-state index contributed by atoms with van der Waals surface area (Å²) in [5.74, 6) is -0.191. The van der Waals surface area contributed by atoms with Gasteiger partial charge in [-0.3, -0.25) is 9.59 Å². The Bertz CT molecular complexity index is 1180. The summed E-state index contributed by atoms with van der Waals surface area (Å²) in [5.41, 5.74) is 4.73. The maximum absolute atomic E-state index is 12.8. The molecule has 1 N–H and O–H groups in total. The summed E-state index contributed by atoms with van der Waals surface area (Å²) in [6.45, 7) is 0.351. The molecule has 0 aliphatic heterocycles. The Kier molecular flexibility index (Phi) is 6.12. The molecular formula is C25H18Cl2O4. The van der Waals surface area contributed by atoms with Crippen LogP contribution < -0.4 is 4.74 Å². The molecule has 3 aromatic rings. The Balaban J connectivity index is 1.45. The molecule has 6 heteroatoms. The number of fused-ring (bicyclic) bond motifs is 1.